The smallest absolute Gasteiger partial charge is 0.244 e. The van der Waals surface area contributed by atoms with Gasteiger partial charge in [0.25, 0.3) is 0 Å². The van der Waals surface area contributed by atoms with E-state index in [9.17, 15) is 4.79 Å². The van der Waals surface area contributed by atoms with Gasteiger partial charge >= 0.3 is 0 Å². The van der Waals surface area contributed by atoms with E-state index in [1.54, 1.807) is 7.05 Å². The first kappa shape index (κ1) is 6.91. The van der Waals surface area contributed by atoms with Crippen LogP contribution in [-0.4, -0.2) is 18.3 Å². The minimum absolute atomic E-state index is 0.0671. The maximum atomic E-state index is 10.2. The zero-order valence-corrected chi connectivity index (χ0v) is 5.58. The molecule has 0 bridgehead atoms. The third-order valence-electron chi connectivity index (χ3n) is 0.386. The fourth-order valence-corrected chi connectivity index (χ4v) is 0.313. The molecule has 0 saturated heterocycles. The molecule has 0 atom stereocenters. The second kappa shape index (κ2) is 4.08. The summed E-state index contributed by atoms with van der Waals surface area (Å²) in [5, 5.41) is 0.341. The van der Waals surface area contributed by atoms with Crippen molar-refractivity contribution in [1.82, 2.24) is 10.9 Å². The third-order valence-corrected chi connectivity index (χ3v) is 0.895. The summed E-state index contributed by atoms with van der Waals surface area (Å²) < 4.78 is 0. The van der Waals surface area contributed by atoms with E-state index in [0.717, 1.165) is 0 Å². The third kappa shape index (κ3) is 3.75. The Morgan fingerprint density at radius 3 is 2.57 bits per heavy atom. The van der Waals surface area contributed by atoms with Gasteiger partial charge in [0.1, 0.15) is 0 Å². The molecule has 4 heteroatoms. The van der Waals surface area contributed by atoms with Crippen molar-refractivity contribution >= 4 is 21.8 Å². The van der Waals surface area contributed by atoms with Crippen LogP contribution < -0.4 is 10.9 Å². The molecule has 0 aromatic rings. The first-order valence-corrected chi connectivity index (χ1v) is 2.95. The number of amides is 1. The number of alkyl halides is 1. The van der Waals surface area contributed by atoms with E-state index in [1.807, 2.05) is 0 Å². The summed E-state index contributed by atoms with van der Waals surface area (Å²) in [5.74, 6) is -0.0671. The number of carbonyl (C=O) groups excluding carboxylic acids is 1. The lowest BCUT2D eigenvalue weighted by Crippen LogP contribution is -2.34. The lowest BCUT2D eigenvalue weighted by molar-refractivity contribution is -0.119. The monoisotopic (exact) mass is 166 g/mol. The molecule has 0 fully saturated rings. The second-order valence-electron chi connectivity index (χ2n) is 0.932. The largest absolute Gasteiger partial charge is 0.291 e. The zero-order valence-electron chi connectivity index (χ0n) is 3.99. The highest BCUT2D eigenvalue weighted by Crippen LogP contribution is 1.74. The number of carbonyl (C=O) groups is 1. The van der Waals surface area contributed by atoms with Gasteiger partial charge in [-0.05, 0) is 0 Å². The first-order valence-electron chi connectivity index (χ1n) is 1.82. The Hall–Kier alpha value is -0.0900. The topological polar surface area (TPSA) is 41.1 Å². The minimum Gasteiger partial charge on any atom is -0.291 e. The Bertz CT molecular complexity index is 66.0. The lowest BCUT2D eigenvalue weighted by atomic mass is 10.8. The molecule has 1 amide bonds. The average molecular weight is 167 g/mol. The fourth-order valence-electron chi connectivity index (χ4n) is 0.173. The van der Waals surface area contributed by atoms with E-state index in [-0.39, 0.29) is 5.91 Å². The molecule has 0 aliphatic carbocycles. The summed E-state index contributed by atoms with van der Waals surface area (Å²) >= 11 is 2.96. The molecule has 7 heavy (non-hydrogen) atoms. The van der Waals surface area contributed by atoms with E-state index < -0.39 is 0 Å². The van der Waals surface area contributed by atoms with Crippen LogP contribution in [0.5, 0.6) is 0 Å². The minimum atomic E-state index is -0.0671. The summed E-state index contributed by atoms with van der Waals surface area (Å²) in [5.41, 5.74) is 4.85. The van der Waals surface area contributed by atoms with Gasteiger partial charge in [-0.3, -0.25) is 10.2 Å². The Balaban J connectivity index is 3.00. The molecule has 2 N–H and O–H groups in total. The number of nitrogens with one attached hydrogen (secondary N) is 2. The van der Waals surface area contributed by atoms with Gasteiger partial charge in [0, 0.05) is 7.05 Å². The van der Waals surface area contributed by atoms with E-state index in [1.165, 1.54) is 0 Å². The van der Waals surface area contributed by atoms with Crippen LogP contribution in [0.4, 0.5) is 0 Å². The summed E-state index contributed by atoms with van der Waals surface area (Å²) in [6.07, 6.45) is 0. The van der Waals surface area contributed by atoms with Gasteiger partial charge < -0.3 is 0 Å². The SMILES string of the molecule is CNNC(=O)CBr. The molecular weight excluding hydrogens is 160 g/mol. The Kier molecular flexibility index (Phi) is 4.03. The molecule has 0 aliphatic heterocycles. The standard InChI is InChI=1S/C3H7BrN2O/c1-5-6-3(7)2-4/h5H,2H2,1H3,(H,6,7). The van der Waals surface area contributed by atoms with Crippen molar-refractivity contribution in [3.05, 3.63) is 0 Å². The van der Waals surface area contributed by atoms with Gasteiger partial charge in [0.05, 0.1) is 5.33 Å². The van der Waals surface area contributed by atoms with E-state index >= 15 is 0 Å². The van der Waals surface area contributed by atoms with Crippen LogP contribution in [0.3, 0.4) is 0 Å². The normalized spacial score (nSPS) is 8.29. The lowest BCUT2D eigenvalue weighted by Gasteiger charge is -1.95. The van der Waals surface area contributed by atoms with Gasteiger partial charge in [0.15, 0.2) is 0 Å². The summed E-state index contributed by atoms with van der Waals surface area (Å²) in [7, 11) is 1.64. The molecule has 0 radical (unpaired) electrons. The van der Waals surface area contributed by atoms with Crippen LogP contribution >= 0.6 is 15.9 Å². The summed E-state index contributed by atoms with van der Waals surface area (Å²) in [6, 6.07) is 0. The zero-order chi connectivity index (χ0) is 5.70. The molecule has 3 nitrogen and oxygen atoms in total. The molecule has 0 spiro atoms. The summed E-state index contributed by atoms with van der Waals surface area (Å²) in [4.78, 5) is 10.2. The average Bonchev–Trinajstić information content (AvgIpc) is 1.68. The fraction of sp³-hybridized carbons (Fsp3) is 0.667. The van der Waals surface area contributed by atoms with Crippen LogP contribution in [0.1, 0.15) is 0 Å². The Morgan fingerprint density at radius 1 is 1.86 bits per heavy atom. The van der Waals surface area contributed by atoms with Crippen LogP contribution in [0.15, 0.2) is 0 Å². The molecule has 0 rings (SSSR count). The quantitative estimate of drug-likeness (QED) is 0.435. The maximum absolute atomic E-state index is 10.2. The van der Waals surface area contributed by atoms with E-state index in [0.29, 0.717) is 5.33 Å². The van der Waals surface area contributed by atoms with E-state index in [2.05, 4.69) is 26.8 Å². The molecule has 0 heterocycles. The predicted octanol–water partition coefficient (Wildman–Crippen LogP) is -0.368. The van der Waals surface area contributed by atoms with Gasteiger partial charge in [0.2, 0.25) is 5.91 Å². The van der Waals surface area contributed by atoms with Gasteiger partial charge in [-0.1, -0.05) is 15.9 Å². The highest BCUT2D eigenvalue weighted by Gasteiger charge is 1.89. The van der Waals surface area contributed by atoms with Crippen LogP contribution in [0.2, 0.25) is 0 Å². The molecule has 0 aliphatic rings. The van der Waals surface area contributed by atoms with Crippen LogP contribution in [-0.2, 0) is 4.79 Å². The maximum Gasteiger partial charge on any atom is 0.244 e. The number of halogens is 1. The van der Waals surface area contributed by atoms with Crippen LogP contribution in [0, 0.1) is 0 Å². The molecule has 0 saturated carbocycles. The van der Waals surface area contributed by atoms with Crippen molar-refractivity contribution in [2.75, 3.05) is 12.4 Å². The second-order valence-corrected chi connectivity index (χ2v) is 1.49. The van der Waals surface area contributed by atoms with Gasteiger partial charge in [-0.2, -0.15) is 0 Å². The highest BCUT2D eigenvalue weighted by molar-refractivity contribution is 9.09. The molecule has 42 valence electrons. The molecule has 0 aromatic heterocycles. The number of rotatable bonds is 2. The first-order chi connectivity index (χ1) is 3.31. The predicted molar refractivity (Wildman–Crippen MR) is 31.0 cm³/mol. The molecule has 0 unspecified atom stereocenters. The van der Waals surface area contributed by atoms with Crippen LogP contribution in [0.25, 0.3) is 0 Å². The van der Waals surface area contributed by atoms with Crippen molar-refractivity contribution in [1.29, 1.82) is 0 Å². The summed E-state index contributed by atoms with van der Waals surface area (Å²) in [6.45, 7) is 0. The molecular formula is C3H7BrN2O. The van der Waals surface area contributed by atoms with Gasteiger partial charge in [-0.25, -0.2) is 5.43 Å². The van der Waals surface area contributed by atoms with Crippen molar-refractivity contribution in [2.45, 2.75) is 0 Å². The van der Waals surface area contributed by atoms with E-state index in [4.69, 9.17) is 0 Å². The molecule has 0 aromatic carbocycles. The number of hydrogen-bond donors (Lipinski definition) is 2. The highest BCUT2D eigenvalue weighted by atomic mass is 79.9. The van der Waals surface area contributed by atoms with Gasteiger partial charge in [-0.15, -0.1) is 0 Å². The number of hydrogen-bond acceptors (Lipinski definition) is 2. The van der Waals surface area contributed by atoms with Crippen molar-refractivity contribution in [2.24, 2.45) is 0 Å². The van der Waals surface area contributed by atoms with Crippen molar-refractivity contribution in [3.8, 4) is 0 Å². The Labute approximate surface area is 50.6 Å². The number of hydrazine groups is 1. The Morgan fingerprint density at radius 2 is 2.43 bits per heavy atom. The van der Waals surface area contributed by atoms with Crippen molar-refractivity contribution in [3.63, 3.8) is 0 Å². The van der Waals surface area contributed by atoms with Crippen molar-refractivity contribution < 1.29 is 4.79 Å².